The Morgan fingerprint density at radius 1 is 1.15 bits per heavy atom. The van der Waals surface area contributed by atoms with Crippen LogP contribution in [-0.2, 0) is 12.2 Å². The van der Waals surface area contributed by atoms with Crippen molar-refractivity contribution in [2.45, 2.75) is 51.7 Å². The van der Waals surface area contributed by atoms with E-state index in [4.69, 9.17) is 11.6 Å². The maximum absolute atomic E-state index is 16.9. The fraction of sp³-hybridized carbons (Fsp3) is 0.357. The fourth-order valence-electron chi connectivity index (χ4n) is 5.48. The Kier molecular flexibility index (Phi) is 6.69. The Hall–Kier alpha value is -3.99. The molecule has 4 aromatic heterocycles. The Morgan fingerprint density at radius 3 is 2.62 bits per heavy atom. The Labute approximate surface area is 232 Å². The molecule has 1 N–H and O–H groups in total. The van der Waals surface area contributed by atoms with Crippen molar-refractivity contribution < 1.29 is 13.3 Å². The number of hydrogen-bond acceptors (Lipinski definition) is 7. The molecule has 12 heteroatoms. The minimum Gasteiger partial charge on any atom is -0.322 e. The number of aromatic amines is 1. The lowest BCUT2D eigenvalue weighted by Gasteiger charge is -2.29. The molecule has 1 aliphatic carbocycles. The Balaban J connectivity index is 1.64. The first-order chi connectivity index (χ1) is 19.2. The molecule has 1 atom stereocenters. The van der Waals surface area contributed by atoms with E-state index in [1.165, 1.54) is 31.3 Å². The summed E-state index contributed by atoms with van der Waals surface area (Å²) in [7, 11) is 0. The van der Waals surface area contributed by atoms with Crippen LogP contribution in [0.5, 0.6) is 0 Å². The molecule has 0 spiro atoms. The number of pyridine rings is 1. The van der Waals surface area contributed by atoms with Crippen LogP contribution < -0.4 is 5.76 Å². The summed E-state index contributed by atoms with van der Waals surface area (Å²) in [6, 6.07) is 7.43. The summed E-state index contributed by atoms with van der Waals surface area (Å²) in [5.74, 6) is -0.575. The van der Waals surface area contributed by atoms with Gasteiger partial charge in [0.25, 0.3) is 0 Å². The molecular formula is C28H26ClF2N7O2. The molecule has 1 saturated carbocycles. The monoisotopic (exact) mass is 565 g/mol. The first kappa shape index (κ1) is 26.2. The zero-order valence-corrected chi connectivity index (χ0v) is 22.6. The van der Waals surface area contributed by atoms with Gasteiger partial charge in [-0.05, 0) is 43.7 Å². The number of hydrogen-bond donors (Lipinski definition) is 1. The third-order valence-corrected chi connectivity index (χ3v) is 7.82. The summed E-state index contributed by atoms with van der Waals surface area (Å²) in [4.78, 5) is 32.2. The largest absolute Gasteiger partial charge is 0.439 e. The van der Waals surface area contributed by atoms with E-state index >= 15 is 4.39 Å². The van der Waals surface area contributed by atoms with Gasteiger partial charge in [0.1, 0.15) is 17.0 Å². The highest BCUT2D eigenvalue weighted by Crippen LogP contribution is 2.40. The van der Waals surface area contributed by atoms with Crippen molar-refractivity contribution in [2.24, 2.45) is 11.8 Å². The van der Waals surface area contributed by atoms with Gasteiger partial charge in [-0.2, -0.15) is 0 Å². The van der Waals surface area contributed by atoms with Crippen molar-refractivity contribution in [1.82, 2.24) is 34.6 Å². The fourth-order valence-corrected chi connectivity index (χ4v) is 5.65. The van der Waals surface area contributed by atoms with Gasteiger partial charge in [-0.25, -0.2) is 28.5 Å². The number of nitrogens with zero attached hydrogens (tertiary/aromatic N) is 6. The van der Waals surface area contributed by atoms with Crippen molar-refractivity contribution in [1.29, 1.82) is 0 Å². The molecule has 0 radical (unpaired) electrons. The maximum Gasteiger partial charge on any atom is 0.439 e. The number of fused-ring (bicyclic) bond motifs is 1. The van der Waals surface area contributed by atoms with Crippen LogP contribution in [0.2, 0.25) is 5.02 Å². The molecule has 6 rings (SSSR count). The van der Waals surface area contributed by atoms with Gasteiger partial charge in [0.15, 0.2) is 17.1 Å². The number of nitrogens with one attached hydrogen (secondary N) is 1. The van der Waals surface area contributed by atoms with E-state index in [0.717, 1.165) is 25.7 Å². The minimum atomic E-state index is -2.31. The molecule has 1 aliphatic rings. The van der Waals surface area contributed by atoms with E-state index in [2.05, 4.69) is 41.5 Å². The number of alkyl halides is 1. The number of H-pyrrole nitrogens is 1. The minimum absolute atomic E-state index is 0.00237. The molecule has 0 bridgehead atoms. The molecule has 1 unspecified atom stereocenters. The van der Waals surface area contributed by atoms with Crippen molar-refractivity contribution in [3.05, 3.63) is 75.5 Å². The molecule has 40 heavy (non-hydrogen) atoms. The summed E-state index contributed by atoms with van der Waals surface area (Å²) in [6.45, 7) is 3.98. The van der Waals surface area contributed by atoms with Crippen LogP contribution in [0.3, 0.4) is 0 Å². The van der Waals surface area contributed by atoms with Gasteiger partial charge in [-0.15, -0.1) is 0 Å². The molecule has 5 aromatic rings. The third-order valence-electron chi connectivity index (χ3n) is 7.61. The number of imidazole rings is 1. The SMILES string of the molecule is CC(F)(c1ccccc1F)c1nc2nc(-c3noc(=O)[nH]3)nc(-c3cncc(Cl)c3)c2n1C[C@H]1CC[C@H](C)CC1. The third kappa shape index (κ3) is 4.78. The van der Waals surface area contributed by atoms with Gasteiger partial charge in [0.05, 0.1) is 5.02 Å². The van der Waals surface area contributed by atoms with Crippen molar-refractivity contribution in [2.75, 3.05) is 0 Å². The van der Waals surface area contributed by atoms with Crippen LogP contribution >= 0.6 is 11.6 Å². The second kappa shape index (κ2) is 10.2. The summed E-state index contributed by atoms with van der Waals surface area (Å²) in [5, 5.41) is 4.09. The second-order valence-corrected chi connectivity index (χ2v) is 11.0. The van der Waals surface area contributed by atoms with Crippen LogP contribution in [0.1, 0.15) is 50.9 Å². The average Bonchev–Trinajstić information content (AvgIpc) is 3.53. The second-order valence-electron chi connectivity index (χ2n) is 10.6. The summed E-state index contributed by atoms with van der Waals surface area (Å²) < 4.78 is 38.3. The average molecular weight is 566 g/mol. The zero-order valence-electron chi connectivity index (χ0n) is 21.9. The molecule has 1 aromatic carbocycles. The van der Waals surface area contributed by atoms with Crippen LogP contribution in [0.15, 0.2) is 52.0 Å². The van der Waals surface area contributed by atoms with Crippen molar-refractivity contribution in [3.8, 4) is 22.9 Å². The maximum atomic E-state index is 16.9. The van der Waals surface area contributed by atoms with Gasteiger partial charge in [0.2, 0.25) is 11.6 Å². The number of rotatable bonds is 6. The highest BCUT2D eigenvalue weighted by atomic mass is 35.5. The zero-order chi connectivity index (χ0) is 28.0. The van der Waals surface area contributed by atoms with Crippen molar-refractivity contribution in [3.63, 3.8) is 0 Å². The Bertz CT molecular complexity index is 1760. The van der Waals surface area contributed by atoms with E-state index < -0.39 is 17.2 Å². The number of aromatic nitrogens is 7. The van der Waals surface area contributed by atoms with E-state index in [9.17, 15) is 9.18 Å². The molecular weight excluding hydrogens is 540 g/mol. The van der Waals surface area contributed by atoms with Crippen LogP contribution in [0.25, 0.3) is 34.1 Å². The van der Waals surface area contributed by atoms with Gasteiger partial charge >= 0.3 is 5.76 Å². The van der Waals surface area contributed by atoms with Gasteiger partial charge in [-0.1, -0.05) is 54.7 Å². The van der Waals surface area contributed by atoms with Crippen LogP contribution in [0, 0.1) is 17.7 Å². The van der Waals surface area contributed by atoms with E-state index in [-0.39, 0.29) is 34.6 Å². The smallest absolute Gasteiger partial charge is 0.322 e. The van der Waals surface area contributed by atoms with Gasteiger partial charge < -0.3 is 4.57 Å². The first-order valence-corrected chi connectivity index (χ1v) is 13.5. The molecule has 4 heterocycles. The normalized spacial score (nSPS) is 19.1. The first-order valence-electron chi connectivity index (χ1n) is 13.1. The topological polar surface area (TPSA) is 115 Å². The van der Waals surface area contributed by atoms with E-state index in [1.807, 2.05) is 0 Å². The lowest BCUT2D eigenvalue weighted by molar-refractivity contribution is 0.209. The molecule has 1 fully saturated rings. The van der Waals surface area contributed by atoms with Gasteiger partial charge in [0, 0.05) is 30.1 Å². The van der Waals surface area contributed by atoms with Crippen LogP contribution in [0.4, 0.5) is 8.78 Å². The standard InChI is InChI=1S/C28H26ClF2N7O2/c1-15-7-9-16(10-8-15)14-38-22-21(17-11-18(29)13-32-12-17)33-24(25-36-27(39)40-37-25)34-23(22)35-26(38)28(2,31)19-5-3-4-6-20(19)30/h3-6,11-13,15-16H,7-10,14H2,1-2H3,(H,36,37,39)/t15-,16-,28?. The lowest BCUT2D eigenvalue weighted by atomic mass is 9.83. The summed E-state index contributed by atoms with van der Waals surface area (Å²) in [5.41, 5.74) is -0.936. The van der Waals surface area contributed by atoms with E-state index in [1.54, 1.807) is 22.9 Å². The predicted molar refractivity (Wildman–Crippen MR) is 145 cm³/mol. The van der Waals surface area contributed by atoms with Crippen molar-refractivity contribution >= 4 is 22.8 Å². The van der Waals surface area contributed by atoms with E-state index in [0.29, 0.717) is 34.3 Å². The molecule has 9 nitrogen and oxygen atoms in total. The number of benzene rings is 1. The molecule has 0 saturated heterocycles. The summed E-state index contributed by atoms with van der Waals surface area (Å²) >= 11 is 6.29. The molecule has 206 valence electrons. The van der Waals surface area contributed by atoms with Crippen LogP contribution in [-0.4, -0.2) is 34.6 Å². The summed E-state index contributed by atoms with van der Waals surface area (Å²) in [6.07, 6.45) is 7.14. The quantitative estimate of drug-likeness (QED) is 0.265. The highest BCUT2D eigenvalue weighted by molar-refractivity contribution is 6.30. The Morgan fingerprint density at radius 2 is 1.93 bits per heavy atom. The molecule has 0 amide bonds. The molecule has 0 aliphatic heterocycles. The van der Waals surface area contributed by atoms with Gasteiger partial charge in [-0.3, -0.25) is 14.5 Å². The lowest BCUT2D eigenvalue weighted by Crippen LogP contribution is -2.27. The number of halogens is 3. The predicted octanol–water partition coefficient (Wildman–Crippen LogP) is 6.08. The highest BCUT2D eigenvalue weighted by Gasteiger charge is 2.39.